The minimum atomic E-state index is -0.945. The van der Waals surface area contributed by atoms with Gasteiger partial charge in [0.25, 0.3) is 5.91 Å². The highest BCUT2D eigenvalue weighted by atomic mass is 16.6. The predicted octanol–water partition coefficient (Wildman–Crippen LogP) is 5.10. The van der Waals surface area contributed by atoms with Crippen LogP contribution in [0.25, 0.3) is 0 Å². The summed E-state index contributed by atoms with van der Waals surface area (Å²) >= 11 is 0. The van der Waals surface area contributed by atoms with E-state index in [-0.39, 0.29) is 31.6 Å². The van der Waals surface area contributed by atoms with Gasteiger partial charge in [-0.15, -0.1) is 0 Å². The normalized spacial score (nSPS) is 20.9. The van der Waals surface area contributed by atoms with Crippen LogP contribution in [0, 0.1) is 25.7 Å². The number of nitrogens with zero attached hydrogens (tertiary/aromatic N) is 3. The SMILES string of the molecule is Cc1cc(C[C@@H](OC(=O)N2CCC(N3CCc4ccccc4NC3=O)CC2)C(=O)N2CCC(C3CCNCC3)CC2)cc(C)c1O.[HH]. The molecule has 3 saturated heterocycles. The van der Waals surface area contributed by atoms with Gasteiger partial charge in [0.2, 0.25) is 0 Å². The van der Waals surface area contributed by atoms with E-state index in [4.69, 9.17) is 4.74 Å². The third-order valence-corrected chi connectivity index (χ3v) is 10.7. The summed E-state index contributed by atoms with van der Waals surface area (Å²) in [5.74, 6) is 1.45. The molecule has 4 heterocycles. The van der Waals surface area contributed by atoms with Crippen molar-refractivity contribution in [2.45, 2.75) is 77.4 Å². The number of rotatable bonds is 6. The van der Waals surface area contributed by atoms with Gasteiger partial charge in [0.1, 0.15) is 5.75 Å². The number of carbonyl (C=O) groups is 3. The van der Waals surface area contributed by atoms with E-state index in [1.807, 2.05) is 60.0 Å². The molecule has 46 heavy (non-hydrogen) atoms. The van der Waals surface area contributed by atoms with E-state index >= 15 is 0 Å². The average molecular weight is 634 g/mol. The maximum Gasteiger partial charge on any atom is 0.410 e. The number of phenolic OH excluding ortho intramolecular Hbond substituents is 1. The highest BCUT2D eigenvalue weighted by molar-refractivity contribution is 5.91. The lowest BCUT2D eigenvalue weighted by atomic mass is 9.79. The molecule has 0 aromatic heterocycles. The Morgan fingerprint density at radius 2 is 1.54 bits per heavy atom. The Hall–Kier alpha value is -3.79. The molecule has 0 spiro atoms. The Kier molecular flexibility index (Phi) is 10.0. The van der Waals surface area contributed by atoms with E-state index in [9.17, 15) is 19.5 Å². The number of amides is 4. The number of benzene rings is 2. The first kappa shape index (κ1) is 32.2. The Morgan fingerprint density at radius 1 is 0.913 bits per heavy atom. The van der Waals surface area contributed by atoms with Gasteiger partial charge in [-0.3, -0.25) is 4.79 Å². The number of piperidine rings is 3. The van der Waals surface area contributed by atoms with Gasteiger partial charge in [-0.25, -0.2) is 9.59 Å². The fourth-order valence-corrected chi connectivity index (χ4v) is 7.96. The monoisotopic (exact) mass is 633 g/mol. The third kappa shape index (κ3) is 7.27. The molecule has 2 aromatic carbocycles. The second kappa shape index (κ2) is 14.3. The van der Waals surface area contributed by atoms with E-state index in [1.165, 1.54) is 12.8 Å². The first-order valence-electron chi connectivity index (χ1n) is 17.2. The number of urea groups is 1. The van der Waals surface area contributed by atoms with Crippen LogP contribution in [0.15, 0.2) is 36.4 Å². The molecule has 250 valence electrons. The Morgan fingerprint density at radius 3 is 2.24 bits per heavy atom. The molecule has 3 N–H and O–H groups in total. The lowest BCUT2D eigenvalue weighted by molar-refractivity contribution is -0.142. The fourth-order valence-electron chi connectivity index (χ4n) is 7.96. The highest BCUT2D eigenvalue weighted by Crippen LogP contribution is 2.32. The van der Waals surface area contributed by atoms with Crippen LogP contribution in [0.5, 0.6) is 5.75 Å². The van der Waals surface area contributed by atoms with Gasteiger partial charge >= 0.3 is 12.1 Å². The van der Waals surface area contributed by atoms with Crippen LogP contribution in [0.3, 0.4) is 0 Å². The second-order valence-electron chi connectivity index (χ2n) is 13.7. The summed E-state index contributed by atoms with van der Waals surface area (Å²) in [5, 5.41) is 16.8. The van der Waals surface area contributed by atoms with E-state index < -0.39 is 12.2 Å². The molecule has 10 nitrogen and oxygen atoms in total. The largest absolute Gasteiger partial charge is 0.507 e. The van der Waals surface area contributed by atoms with Gasteiger partial charge in [0.05, 0.1) is 0 Å². The molecule has 0 bridgehead atoms. The standard InChI is InChI=1S/C36H49N5O5.H2/c1-24-21-26(22-25(2)33(24)42)23-32(34(43)39-16-9-28(10-17-39)27-7-14-37-15-8-27)46-36(45)40-18-12-30(13-19-40)41-20-11-29-5-3-4-6-31(29)38-35(41)44;/h3-6,21-22,27-28,30,32,37,42H,7-20,23H2,1-2H3,(H,38,44);1H/t32-;/m1./s1. The van der Waals surface area contributed by atoms with E-state index in [0.717, 1.165) is 60.3 Å². The molecule has 0 aliphatic carbocycles. The van der Waals surface area contributed by atoms with Crippen molar-refractivity contribution in [3.05, 3.63) is 58.7 Å². The number of anilines is 1. The Balaban J connectivity index is 0.00000433. The summed E-state index contributed by atoms with van der Waals surface area (Å²) in [4.78, 5) is 46.1. The zero-order valence-electron chi connectivity index (χ0n) is 27.3. The first-order chi connectivity index (χ1) is 22.3. The number of aromatic hydroxyl groups is 1. The van der Waals surface area contributed by atoms with Gasteiger partial charge in [-0.1, -0.05) is 30.3 Å². The number of phenols is 1. The van der Waals surface area contributed by atoms with Crippen molar-refractivity contribution < 1.29 is 25.7 Å². The van der Waals surface area contributed by atoms with Crippen molar-refractivity contribution in [1.29, 1.82) is 0 Å². The summed E-state index contributed by atoms with van der Waals surface area (Å²) < 4.78 is 6.06. The van der Waals surface area contributed by atoms with Crippen molar-refractivity contribution >= 4 is 23.7 Å². The Labute approximate surface area is 273 Å². The van der Waals surface area contributed by atoms with E-state index in [2.05, 4.69) is 10.6 Å². The highest BCUT2D eigenvalue weighted by Gasteiger charge is 2.36. The van der Waals surface area contributed by atoms with Crippen molar-refractivity contribution in [1.82, 2.24) is 20.0 Å². The summed E-state index contributed by atoms with van der Waals surface area (Å²) in [6.07, 6.45) is 5.28. The molecule has 3 fully saturated rings. The smallest absolute Gasteiger partial charge is 0.410 e. The number of para-hydroxylation sites is 1. The topological polar surface area (TPSA) is 114 Å². The predicted molar refractivity (Wildman–Crippen MR) is 179 cm³/mol. The molecule has 1 atom stereocenters. The molecule has 4 aliphatic rings. The van der Waals surface area contributed by atoms with Crippen LogP contribution in [0.1, 0.15) is 62.2 Å². The van der Waals surface area contributed by atoms with Crippen LogP contribution >= 0.6 is 0 Å². The molecular formula is C36H51N5O5. The van der Waals surface area contributed by atoms with Gasteiger partial charge < -0.3 is 35.2 Å². The number of carbonyl (C=O) groups excluding carboxylic acids is 3. The minimum Gasteiger partial charge on any atom is -0.507 e. The zero-order valence-corrected chi connectivity index (χ0v) is 27.3. The van der Waals surface area contributed by atoms with Gasteiger partial charge in [0, 0.05) is 52.3 Å². The lowest BCUT2D eigenvalue weighted by Crippen LogP contribution is -2.52. The number of likely N-dealkylation sites (tertiary alicyclic amines) is 2. The molecule has 2 aromatic rings. The van der Waals surface area contributed by atoms with E-state index in [0.29, 0.717) is 57.4 Å². The van der Waals surface area contributed by atoms with Gasteiger partial charge in [0.15, 0.2) is 6.10 Å². The number of nitrogens with one attached hydrogen (secondary N) is 2. The van der Waals surface area contributed by atoms with Crippen LogP contribution in [-0.4, -0.2) is 95.8 Å². The molecule has 4 amide bonds. The molecule has 0 saturated carbocycles. The number of ether oxygens (including phenoxy) is 1. The van der Waals surface area contributed by atoms with Crippen molar-refractivity contribution in [2.75, 3.05) is 51.1 Å². The minimum absolute atomic E-state index is 0. The summed E-state index contributed by atoms with van der Waals surface area (Å²) in [6.45, 7) is 8.74. The number of fused-ring (bicyclic) bond motifs is 1. The third-order valence-electron chi connectivity index (χ3n) is 10.7. The number of aryl methyl sites for hydroxylation is 2. The maximum atomic E-state index is 14.0. The van der Waals surface area contributed by atoms with Crippen LogP contribution < -0.4 is 10.6 Å². The maximum absolute atomic E-state index is 14.0. The summed E-state index contributed by atoms with van der Waals surface area (Å²) in [6, 6.07) is 11.6. The summed E-state index contributed by atoms with van der Waals surface area (Å²) in [5.41, 5.74) is 4.32. The first-order valence-corrected chi connectivity index (χ1v) is 17.2. The van der Waals surface area contributed by atoms with Crippen LogP contribution in [0.4, 0.5) is 15.3 Å². The number of hydrogen-bond donors (Lipinski definition) is 3. The fraction of sp³-hybridized carbons (Fsp3) is 0.583. The van der Waals surface area contributed by atoms with Crippen LogP contribution in [0.2, 0.25) is 0 Å². The van der Waals surface area contributed by atoms with Crippen molar-refractivity contribution in [3.63, 3.8) is 0 Å². The molecule has 10 heteroatoms. The zero-order chi connectivity index (χ0) is 32.2. The quantitative estimate of drug-likeness (QED) is 0.408. The summed E-state index contributed by atoms with van der Waals surface area (Å²) in [7, 11) is 0. The van der Waals surface area contributed by atoms with Gasteiger partial charge in [-0.2, -0.15) is 0 Å². The van der Waals surface area contributed by atoms with E-state index in [1.54, 1.807) is 4.90 Å². The average Bonchev–Trinajstić information content (AvgIpc) is 3.25. The van der Waals surface area contributed by atoms with Gasteiger partial charge in [-0.05, 0) is 112 Å². The second-order valence-corrected chi connectivity index (χ2v) is 13.7. The molecular weight excluding hydrogens is 582 g/mol. The molecule has 0 unspecified atom stereocenters. The lowest BCUT2D eigenvalue weighted by Gasteiger charge is -2.39. The number of hydrogen-bond acceptors (Lipinski definition) is 6. The Bertz CT molecular complexity index is 1390. The molecule has 0 radical (unpaired) electrons. The van der Waals surface area contributed by atoms with Crippen LogP contribution in [-0.2, 0) is 22.4 Å². The van der Waals surface area contributed by atoms with Crippen molar-refractivity contribution in [3.8, 4) is 5.75 Å². The van der Waals surface area contributed by atoms with Crippen molar-refractivity contribution in [2.24, 2.45) is 11.8 Å². The molecule has 4 aliphatic heterocycles. The molecule has 6 rings (SSSR count).